The number of carbonyl (C=O) groups is 2. The molecule has 154 valence electrons. The fourth-order valence-electron chi connectivity index (χ4n) is 3.46. The number of carbonyl (C=O) groups excluding carboxylic acids is 2. The minimum Gasteiger partial charge on any atom is -0.444 e. The summed E-state index contributed by atoms with van der Waals surface area (Å²) in [6.07, 6.45) is 2.81. The predicted octanol–water partition coefficient (Wildman–Crippen LogP) is 2.45. The Kier molecular flexibility index (Phi) is 5.78. The highest BCUT2D eigenvalue weighted by Gasteiger charge is 2.48. The van der Waals surface area contributed by atoms with Crippen molar-refractivity contribution in [3.8, 4) is 0 Å². The lowest BCUT2D eigenvalue weighted by molar-refractivity contribution is -0.384. The predicted molar refractivity (Wildman–Crippen MR) is 105 cm³/mol. The summed E-state index contributed by atoms with van der Waals surface area (Å²) in [5, 5.41) is 10.5. The number of nitro benzene ring substituents is 1. The molecule has 10 nitrogen and oxygen atoms in total. The highest BCUT2D eigenvalue weighted by atomic mass is 32.2. The number of non-ortho nitro benzene ring substituents is 1. The molecule has 1 fully saturated rings. The second-order valence-electron chi connectivity index (χ2n) is 6.88. The van der Waals surface area contributed by atoms with Gasteiger partial charge in [0, 0.05) is 49.7 Å². The lowest BCUT2D eigenvalue weighted by Crippen LogP contribution is -2.50. The van der Waals surface area contributed by atoms with E-state index in [-0.39, 0.29) is 34.9 Å². The molecule has 0 saturated carbocycles. The van der Waals surface area contributed by atoms with Gasteiger partial charge in [-0.15, -0.1) is 0 Å². The lowest BCUT2D eigenvalue weighted by Gasteiger charge is -2.34. The van der Waals surface area contributed by atoms with Crippen LogP contribution in [-0.4, -0.2) is 42.4 Å². The maximum atomic E-state index is 12.8. The number of thioether (sulfide) groups is 1. The van der Waals surface area contributed by atoms with Gasteiger partial charge in [-0.1, -0.05) is 11.8 Å². The molecule has 1 saturated heterocycles. The molecule has 1 aromatic carbocycles. The van der Waals surface area contributed by atoms with Crippen molar-refractivity contribution in [2.75, 3.05) is 6.54 Å². The summed E-state index contributed by atoms with van der Waals surface area (Å²) in [5.41, 5.74) is -0.813. The molecule has 29 heavy (non-hydrogen) atoms. The molecule has 2 aromatic rings. The number of likely N-dealkylation sites (tertiary alicyclic amines) is 1. The van der Waals surface area contributed by atoms with Crippen LogP contribution in [0.2, 0.25) is 0 Å². The summed E-state index contributed by atoms with van der Waals surface area (Å²) >= 11 is 1.13. The minimum absolute atomic E-state index is 0.0527. The second kappa shape index (κ2) is 8.11. The molecule has 0 bridgehead atoms. The number of hydrogen-bond acceptors (Lipinski definition) is 7. The monoisotopic (exact) mass is 420 g/mol. The average Bonchev–Trinajstić information content (AvgIpc) is 3.23. The normalized spacial score (nSPS) is 21.2. The van der Waals surface area contributed by atoms with Gasteiger partial charge in [0.25, 0.3) is 5.69 Å². The van der Waals surface area contributed by atoms with E-state index in [0.29, 0.717) is 12.0 Å². The van der Waals surface area contributed by atoms with Crippen molar-refractivity contribution in [3.63, 3.8) is 0 Å². The van der Waals surface area contributed by atoms with Crippen molar-refractivity contribution >= 4 is 28.7 Å². The number of nitrogens with zero attached hydrogens (tertiary/aromatic N) is 3. The molecular formula is C18H20N4O6S. The molecule has 2 atom stereocenters. The van der Waals surface area contributed by atoms with Crippen molar-refractivity contribution in [2.24, 2.45) is 0 Å². The third kappa shape index (κ3) is 4.34. The van der Waals surface area contributed by atoms with Crippen LogP contribution in [0.4, 0.5) is 10.5 Å². The van der Waals surface area contributed by atoms with Gasteiger partial charge in [0.1, 0.15) is 12.3 Å². The zero-order valence-corrected chi connectivity index (χ0v) is 16.7. The van der Waals surface area contributed by atoms with Gasteiger partial charge in [0.2, 0.25) is 0 Å². The first kappa shape index (κ1) is 20.6. The van der Waals surface area contributed by atoms with Crippen molar-refractivity contribution in [2.45, 2.75) is 37.8 Å². The van der Waals surface area contributed by atoms with Crippen LogP contribution in [0.15, 0.2) is 41.5 Å². The number of ether oxygens (including phenoxy) is 1. The van der Waals surface area contributed by atoms with E-state index in [2.05, 4.69) is 4.98 Å². The number of benzene rings is 1. The topological polar surface area (TPSA) is 128 Å². The largest absolute Gasteiger partial charge is 0.444 e. The van der Waals surface area contributed by atoms with Gasteiger partial charge in [0.15, 0.2) is 5.12 Å². The maximum Gasteiger partial charge on any atom is 0.412 e. The van der Waals surface area contributed by atoms with Crippen LogP contribution in [0.1, 0.15) is 25.8 Å². The summed E-state index contributed by atoms with van der Waals surface area (Å²) in [5.74, 6) is 0. The standard InChI is InChI=1S/C18H20N4O6S/c1-12(23)29-15-9-18(2,20-8-7-19-16(20)24)21(10-15)17(25)28-11-13-3-5-14(6-4-13)22(26)27/h3-8,15H,9-11H2,1-2H3,(H,19,24)/t15-,18-/m0/s1. The van der Waals surface area contributed by atoms with E-state index in [1.54, 1.807) is 13.1 Å². The zero-order valence-electron chi connectivity index (χ0n) is 15.9. The van der Waals surface area contributed by atoms with Crippen molar-refractivity contribution in [1.29, 1.82) is 0 Å². The molecule has 0 spiro atoms. The Labute approximate surface area is 170 Å². The van der Waals surface area contributed by atoms with Crippen molar-refractivity contribution in [1.82, 2.24) is 14.5 Å². The Morgan fingerprint density at radius 3 is 2.62 bits per heavy atom. The summed E-state index contributed by atoms with van der Waals surface area (Å²) < 4.78 is 6.81. The molecule has 11 heteroatoms. The third-order valence-corrected chi connectivity index (χ3v) is 5.79. The number of amides is 1. The van der Waals surface area contributed by atoms with Gasteiger partial charge in [-0.25, -0.2) is 9.59 Å². The summed E-state index contributed by atoms with van der Waals surface area (Å²) in [4.78, 5) is 50.7. The smallest absolute Gasteiger partial charge is 0.412 e. The highest BCUT2D eigenvalue weighted by molar-refractivity contribution is 8.14. The van der Waals surface area contributed by atoms with Crippen molar-refractivity contribution in [3.05, 3.63) is 62.8 Å². The molecule has 0 aliphatic carbocycles. The maximum absolute atomic E-state index is 12.8. The lowest BCUT2D eigenvalue weighted by atomic mass is 10.1. The Morgan fingerprint density at radius 2 is 2.07 bits per heavy atom. The number of aromatic nitrogens is 2. The molecule has 0 unspecified atom stereocenters. The van der Waals surface area contributed by atoms with E-state index in [4.69, 9.17) is 4.74 Å². The van der Waals surface area contributed by atoms with Crippen LogP contribution in [0.5, 0.6) is 0 Å². The Bertz CT molecular complexity index is 985. The Hall–Kier alpha value is -3.08. The first-order chi connectivity index (χ1) is 13.7. The molecule has 1 N–H and O–H groups in total. The fourth-order valence-corrected chi connectivity index (χ4v) is 4.55. The molecule has 0 radical (unpaired) electrons. The van der Waals surface area contributed by atoms with Gasteiger partial charge in [-0.3, -0.25) is 24.4 Å². The van der Waals surface area contributed by atoms with Gasteiger partial charge in [-0.2, -0.15) is 0 Å². The molecule has 3 rings (SSSR count). The number of rotatable bonds is 5. The van der Waals surface area contributed by atoms with Crippen LogP contribution >= 0.6 is 11.8 Å². The van der Waals surface area contributed by atoms with Crippen LogP contribution in [0.25, 0.3) is 0 Å². The first-order valence-electron chi connectivity index (χ1n) is 8.82. The number of aromatic amines is 1. The van der Waals surface area contributed by atoms with Crippen LogP contribution < -0.4 is 5.69 Å². The van der Waals surface area contributed by atoms with Gasteiger partial charge >= 0.3 is 11.8 Å². The van der Waals surface area contributed by atoms with E-state index in [9.17, 15) is 24.5 Å². The second-order valence-corrected chi connectivity index (χ2v) is 8.35. The van der Waals surface area contributed by atoms with Crippen molar-refractivity contribution < 1.29 is 19.2 Å². The molecule has 1 amide bonds. The van der Waals surface area contributed by atoms with E-state index >= 15 is 0 Å². The SMILES string of the molecule is CC(=O)S[C@@H]1CN(C(=O)OCc2ccc([N+](=O)[O-])cc2)[C@](C)(n2cc[nH]c2=O)C1. The Balaban J connectivity index is 1.77. The number of hydrogen-bond donors (Lipinski definition) is 1. The molecule has 2 heterocycles. The summed E-state index contributed by atoms with van der Waals surface area (Å²) in [6, 6.07) is 5.70. The molecule has 1 aromatic heterocycles. The third-order valence-electron chi connectivity index (χ3n) is 4.81. The number of nitrogens with one attached hydrogen (secondary N) is 1. The van der Waals surface area contributed by atoms with Crippen LogP contribution in [0.3, 0.4) is 0 Å². The van der Waals surface area contributed by atoms with E-state index in [0.717, 1.165) is 11.8 Å². The highest BCUT2D eigenvalue weighted by Crippen LogP contribution is 2.39. The van der Waals surface area contributed by atoms with Gasteiger partial charge in [0.05, 0.1) is 4.92 Å². The fraction of sp³-hybridized carbons (Fsp3) is 0.389. The first-order valence-corrected chi connectivity index (χ1v) is 9.70. The molecular weight excluding hydrogens is 400 g/mol. The quantitative estimate of drug-likeness (QED) is 0.581. The van der Waals surface area contributed by atoms with E-state index in [1.807, 2.05) is 0 Å². The van der Waals surface area contributed by atoms with Crippen LogP contribution in [-0.2, 0) is 21.8 Å². The van der Waals surface area contributed by atoms with Gasteiger partial charge in [-0.05, 0) is 24.6 Å². The number of H-pyrrole nitrogens is 1. The van der Waals surface area contributed by atoms with E-state index < -0.39 is 16.7 Å². The Morgan fingerprint density at radius 1 is 1.38 bits per heavy atom. The summed E-state index contributed by atoms with van der Waals surface area (Å²) in [6.45, 7) is 3.38. The number of imidazole rings is 1. The molecule has 1 aliphatic rings. The minimum atomic E-state index is -0.989. The van der Waals surface area contributed by atoms with E-state index in [1.165, 1.54) is 46.9 Å². The average molecular weight is 420 g/mol. The molecule has 1 aliphatic heterocycles. The zero-order chi connectivity index (χ0) is 21.2. The number of nitro groups is 1. The summed E-state index contributed by atoms with van der Waals surface area (Å²) in [7, 11) is 0. The van der Waals surface area contributed by atoms with Gasteiger partial charge < -0.3 is 9.72 Å². The van der Waals surface area contributed by atoms with Crippen LogP contribution in [0, 0.1) is 10.1 Å².